The molecule has 1 aliphatic rings. The number of halogens is 1. The van der Waals surface area contributed by atoms with Crippen LogP contribution in [0.1, 0.15) is 35.9 Å². The van der Waals surface area contributed by atoms with Crippen molar-refractivity contribution in [2.45, 2.75) is 26.3 Å². The van der Waals surface area contributed by atoms with Gasteiger partial charge in [0, 0.05) is 22.5 Å². The summed E-state index contributed by atoms with van der Waals surface area (Å²) in [6.45, 7) is 4.84. The molecule has 1 aliphatic heterocycles. The predicted molar refractivity (Wildman–Crippen MR) is 81.9 cm³/mol. The number of carboxylic acids is 1. The summed E-state index contributed by atoms with van der Waals surface area (Å²) >= 11 is 6.04. The smallest absolute Gasteiger partial charge is 0.372 e. The molecule has 0 radical (unpaired) electrons. The average Bonchev–Trinajstić information content (AvgIpc) is 2.80. The van der Waals surface area contributed by atoms with Gasteiger partial charge in [-0.05, 0) is 50.0 Å². The number of piperidine rings is 1. The van der Waals surface area contributed by atoms with E-state index in [0.29, 0.717) is 17.2 Å². The fourth-order valence-electron chi connectivity index (χ4n) is 2.89. The maximum atomic E-state index is 11.4. The molecule has 2 heterocycles. The zero-order chi connectivity index (χ0) is 15.0. The van der Waals surface area contributed by atoms with Crippen LogP contribution in [0.3, 0.4) is 0 Å². The highest BCUT2D eigenvalue weighted by Gasteiger charge is 2.24. The van der Waals surface area contributed by atoms with Crippen molar-refractivity contribution < 1.29 is 14.3 Å². The number of likely N-dealkylation sites (tertiary alicyclic amines) is 1. The van der Waals surface area contributed by atoms with Crippen molar-refractivity contribution in [3.63, 3.8) is 0 Å². The maximum Gasteiger partial charge on any atom is 0.372 e. The molecule has 3 rings (SSSR count). The number of hydrogen-bond acceptors (Lipinski definition) is 3. The molecule has 1 aromatic heterocycles. The summed E-state index contributed by atoms with van der Waals surface area (Å²) in [7, 11) is 0. The van der Waals surface area contributed by atoms with Gasteiger partial charge >= 0.3 is 5.97 Å². The van der Waals surface area contributed by atoms with Gasteiger partial charge in [0.05, 0.1) is 0 Å². The molecule has 1 aromatic carbocycles. The van der Waals surface area contributed by atoms with Crippen LogP contribution in [0.4, 0.5) is 0 Å². The highest BCUT2D eigenvalue weighted by atomic mass is 35.5. The van der Waals surface area contributed by atoms with Crippen molar-refractivity contribution in [3.05, 3.63) is 34.5 Å². The summed E-state index contributed by atoms with van der Waals surface area (Å²) < 4.78 is 5.49. The number of carboxylic acid groups (broad SMARTS) is 1. The zero-order valence-electron chi connectivity index (χ0n) is 11.9. The third-order valence-corrected chi connectivity index (χ3v) is 4.44. The van der Waals surface area contributed by atoms with Crippen LogP contribution in [0.25, 0.3) is 11.0 Å². The SMILES string of the molecule is CC1CCN(Cc2c(C(=O)O)oc3ccc(Cl)cc23)CC1. The second-order valence-electron chi connectivity index (χ2n) is 5.81. The van der Waals surface area contributed by atoms with Crippen molar-refractivity contribution in [2.75, 3.05) is 13.1 Å². The summed E-state index contributed by atoms with van der Waals surface area (Å²) in [5.41, 5.74) is 1.31. The second-order valence-corrected chi connectivity index (χ2v) is 6.25. The summed E-state index contributed by atoms with van der Waals surface area (Å²) in [6, 6.07) is 5.23. The molecule has 0 unspecified atom stereocenters. The summed E-state index contributed by atoms with van der Waals surface area (Å²) in [5, 5.41) is 10.8. The highest BCUT2D eigenvalue weighted by Crippen LogP contribution is 2.30. The Hall–Kier alpha value is -1.52. The lowest BCUT2D eigenvalue weighted by atomic mass is 9.98. The van der Waals surface area contributed by atoms with Gasteiger partial charge in [0.2, 0.25) is 5.76 Å². The van der Waals surface area contributed by atoms with Crippen molar-refractivity contribution in [3.8, 4) is 0 Å². The number of aromatic carboxylic acids is 1. The van der Waals surface area contributed by atoms with Crippen LogP contribution < -0.4 is 0 Å². The van der Waals surface area contributed by atoms with Crippen molar-refractivity contribution in [1.29, 1.82) is 0 Å². The van der Waals surface area contributed by atoms with Crippen LogP contribution in [-0.4, -0.2) is 29.1 Å². The fourth-order valence-corrected chi connectivity index (χ4v) is 3.07. The molecular weight excluding hydrogens is 290 g/mol. The Morgan fingerprint density at radius 1 is 1.43 bits per heavy atom. The predicted octanol–water partition coefficient (Wildman–Crippen LogP) is 4.02. The van der Waals surface area contributed by atoms with E-state index in [1.165, 1.54) is 0 Å². The number of rotatable bonds is 3. The number of fused-ring (bicyclic) bond motifs is 1. The van der Waals surface area contributed by atoms with Gasteiger partial charge in [-0.3, -0.25) is 4.90 Å². The Kier molecular flexibility index (Phi) is 3.91. The van der Waals surface area contributed by atoms with E-state index in [0.717, 1.165) is 42.8 Å². The molecule has 4 nitrogen and oxygen atoms in total. The summed E-state index contributed by atoms with van der Waals surface area (Å²) in [6.07, 6.45) is 2.30. The minimum absolute atomic E-state index is 0.0332. The molecule has 1 N–H and O–H groups in total. The van der Waals surface area contributed by atoms with Crippen LogP contribution in [-0.2, 0) is 6.54 Å². The highest BCUT2D eigenvalue weighted by molar-refractivity contribution is 6.31. The molecule has 0 atom stereocenters. The number of benzene rings is 1. The molecule has 2 aromatic rings. The summed E-state index contributed by atoms with van der Waals surface area (Å²) in [4.78, 5) is 13.7. The quantitative estimate of drug-likeness (QED) is 0.930. The molecule has 0 spiro atoms. The van der Waals surface area contributed by atoms with E-state index in [1.54, 1.807) is 18.2 Å². The number of hydrogen-bond donors (Lipinski definition) is 1. The van der Waals surface area contributed by atoms with E-state index in [2.05, 4.69) is 11.8 Å². The van der Waals surface area contributed by atoms with E-state index >= 15 is 0 Å². The van der Waals surface area contributed by atoms with E-state index in [1.807, 2.05) is 0 Å². The monoisotopic (exact) mass is 307 g/mol. The number of furan rings is 1. The Morgan fingerprint density at radius 3 is 2.81 bits per heavy atom. The first-order chi connectivity index (χ1) is 10.0. The van der Waals surface area contributed by atoms with Crippen molar-refractivity contribution >= 4 is 28.5 Å². The fraction of sp³-hybridized carbons (Fsp3) is 0.438. The lowest BCUT2D eigenvalue weighted by Gasteiger charge is -2.30. The molecule has 0 saturated carbocycles. The second kappa shape index (κ2) is 5.70. The third-order valence-electron chi connectivity index (χ3n) is 4.21. The van der Waals surface area contributed by atoms with Crippen LogP contribution in [0.2, 0.25) is 5.02 Å². The Morgan fingerprint density at radius 2 is 2.14 bits per heavy atom. The number of nitrogens with zero attached hydrogens (tertiary/aromatic N) is 1. The van der Waals surface area contributed by atoms with Gasteiger partial charge in [-0.1, -0.05) is 18.5 Å². The molecular formula is C16H18ClNO3. The molecule has 0 aliphatic carbocycles. The van der Waals surface area contributed by atoms with E-state index < -0.39 is 5.97 Å². The molecule has 0 bridgehead atoms. The lowest BCUT2D eigenvalue weighted by Crippen LogP contribution is -2.32. The third kappa shape index (κ3) is 2.92. The van der Waals surface area contributed by atoms with Gasteiger partial charge in [-0.15, -0.1) is 0 Å². The van der Waals surface area contributed by atoms with Crippen LogP contribution in [0, 0.1) is 5.92 Å². The van der Waals surface area contributed by atoms with E-state index in [-0.39, 0.29) is 5.76 Å². The van der Waals surface area contributed by atoms with E-state index in [9.17, 15) is 9.90 Å². The lowest BCUT2D eigenvalue weighted by molar-refractivity contribution is 0.0660. The Labute approximate surface area is 128 Å². The van der Waals surface area contributed by atoms with Crippen LogP contribution >= 0.6 is 11.6 Å². The van der Waals surface area contributed by atoms with Crippen molar-refractivity contribution in [1.82, 2.24) is 4.90 Å². The Bertz CT molecular complexity index is 671. The molecule has 5 heteroatoms. The van der Waals surface area contributed by atoms with Gasteiger partial charge in [0.25, 0.3) is 0 Å². The van der Waals surface area contributed by atoms with Crippen LogP contribution in [0.5, 0.6) is 0 Å². The first kappa shape index (κ1) is 14.4. The summed E-state index contributed by atoms with van der Waals surface area (Å²) in [5.74, 6) is -0.246. The minimum Gasteiger partial charge on any atom is -0.475 e. The standard InChI is InChI=1S/C16H18ClNO3/c1-10-4-6-18(7-5-10)9-13-12-8-11(17)2-3-14(12)21-15(13)16(19)20/h2-3,8,10H,4-7,9H2,1H3,(H,19,20). The van der Waals surface area contributed by atoms with Crippen LogP contribution in [0.15, 0.2) is 22.6 Å². The molecule has 0 amide bonds. The first-order valence-corrected chi connectivity index (χ1v) is 7.59. The van der Waals surface area contributed by atoms with Gasteiger partial charge in [0.15, 0.2) is 0 Å². The number of carbonyl (C=O) groups is 1. The molecule has 1 fully saturated rings. The van der Waals surface area contributed by atoms with E-state index in [4.69, 9.17) is 16.0 Å². The zero-order valence-corrected chi connectivity index (χ0v) is 12.7. The topological polar surface area (TPSA) is 53.7 Å². The minimum atomic E-state index is -1.03. The normalized spacial score (nSPS) is 17.4. The largest absolute Gasteiger partial charge is 0.475 e. The van der Waals surface area contributed by atoms with Gasteiger partial charge in [-0.25, -0.2) is 4.79 Å². The maximum absolute atomic E-state index is 11.4. The average molecular weight is 308 g/mol. The first-order valence-electron chi connectivity index (χ1n) is 7.21. The molecule has 1 saturated heterocycles. The van der Waals surface area contributed by atoms with Gasteiger partial charge in [0.1, 0.15) is 5.58 Å². The van der Waals surface area contributed by atoms with Gasteiger partial charge in [-0.2, -0.15) is 0 Å². The van der Waals surface area contributed by atoms with Crippen molar-refractivity contribution in [2.24, 2.45) is 5.92 Å². The molecule has 112 valence electrons. The molecule has 21 heavy (non-hydrogen) atoms. The van der Waals surface area contributed by atoms with Gasteiger partial charge < -0.3 is 9.52 Å². The Balaban J connectivity index is 1.97.